The van der Waals surface area contributed by atoms with Crippen LogP contribution in [0.5, 0.6) is 0 Å². The number of amides is 2. The molecule has 3 rings (SSSR count). The smallest absolute Gasteiger partial charge is 0.242 e. The van der Waals surface area contributed by atoms with Gasteiger partial charge < -0.3 is 15.1 Å². The number of rotatable bonds is 3. The topological polar surface area (TPSA) is 52.7 Å². The van der Waals surface area contributed by atoms with Crippen LogP contribution < -0.4 is 10.2 Å². The minimum Gasteiger partial charge on any atom is -0.361 e. The standard InChI is InChI=1S/C18H25N3O2S/c1-14(22)19-15-6-4-9-21(12-15)18(23)13-20-10-5-11-24-17-8-3-2-7-16(17)20/h2-3,7-8,15H,4-6,9-13H2,1H3,(H,19,22)/t15-/m1/s1. The number of carbonyl (C=O) groups excluding carboxylic acids is 2. The minimum atomic E-state index is -0.0206. The van der Waals surface area contributed by atoms with Crippen LogP contribution in [-0.4, -0.2) is 54.7 Å². The lowest BCUT2D eigenvalue weighted by Crippen LogP contribution is -2.51. The van der Waals surface area contributed by atoms with Gasteiger partial charge in [0.25, 0.3) is 0 Å². The van der Waals surface area contributed by atoms with Gasteiger partial charge in [0.1, 0.15) is 0 Å². The Hall–Kier alpha value is -1.69. The molecule has 0 aromatic heterocycles. The van der Waals surface area contributed by atoms with E-state index in [1.54, 1.807) is 0 Å². The minimum absolute atomic E-state index is 0.0206. The molecule has 2 aliphatic rings. The maximum absolute atomic E-state index is 12.8. The van der Waals surface area contributed by atoms with Gasteiger partial charge in [-0.2, -0.15) is 0 Å². The quantitative estimate of drug-likeness (QED) is 0.910. The van der Waals surface area contributed by atoms with Crippen LogP contribution in [0.2, 0.25) is 0 Å². The van der Waals surface area contributed by atoms with Crippen molar-refractivity contribution >= 4 is 29.3 Å². The SMILES string of the molecule is CC(=O)N[C@@H]1CCCN(C(=O)CN2CCCSc3ccccc32)C1. The Morgan fingerprint density at radius 3 is 2.92 bits per heavy atom. The molecule has 2 amide bonds. The van der Waals surface area contributed by atoms with Gasteiger partial charge in [0.05, 0.1) is 12.2 Å². The van der Waals surface area contributed by atoms with E-state index in [9.17, 15) is 9.59 Å². The number of likely N-dealkylation sites (tertiary alicyclic amines) is 1. The van der Waals surface area contributed by atoms with E-state index in [0.717, 1.165) is 38.1 Å². The molecule has 1 aromatic rings. The first-order valence-corrected chi connectivity index (χ1v) is 9.63. The van der Waals surface area contributed by atoms with E-state index in [0.29, 0.717) is 13.1 Å². The maximum atomic E-state index is 12.8. The summed E-state index contributed by atoms with van der Waals surface area (Å²) in [6.07, 6.45) is 2.98. The highest BCUT2D eigenvalue weighted by molar-refractivity contribution is 7.99. The van der Waals surface area contributed by atoms with Crippen LogP contribution in [0.15, 0.2) is 29.2 Å². The summed E-state index contributed by atoms with van der Waals surface area (Å²) >= 11 is 1.87. The number of carbonyl (C=O) groups is 2. The third-order valence-corrected chi connectivity index (χ3v) is 5.69. The first kappa shape index (κ1) is 17.1. The molecule has 24 heavy (non-hydrogen) atoms. The number of hydrogen-bond acceptors (Lipinski definition) is 4. The molecule has 0 spiro atoms. The molecule has 0 saturated carbocycles. The second kappa shape index (κ2) is 7.92. The fourth-order valence-electron chi connectivity index (χ4n) is 3.43. The molecule has 1 fully saturated rings. The Morgan fingerprint density at radius 2 is 2.08 bits per heavy atom. The number of benzene rings is 1. The predicted octanol–water partition coefficient (Wildman–Crippen LogP) is 2.12. The van der Waals surface area contributed by atoms with E-state index in [4.69, 9.17) is 0 Å². The molecule has 2 aliphatic heterocycles. The average Bonchev–Trinajstić information content (AvgIpc) is 2.77. The fraction of sp³-hybridized carbons (Fsp3) is 0.556. The highest BCUT2D eigenvalue weighted by atomic mass is 32.2. The van der Waals surface area contributed by atoms with Gasteiger partial charge in [0, 0.05) is 37.5 Å². The van der Waals surface area contributed by atoms with Gasteiger partial charge in [-0.25, -0.2) is 0 Å². The third-order valence-electron chi connectivity index (χ3n) is 4.54. The highest BCUT2D eigenvalue weighted by Crippen LogP contribution is 2.33. The summed E-state index contributed by atoms with van der Waals surface area (Å²) < 4.78 is 0. The number of anilines is 1. The van der Waals surface area contributed by atoms with Crippen molar-refractivity contribution in [1.82, 2.24) is 10.2 Å². The first-order chi connectivity index (χ1) is 11.6. The van der Waals surface area contributed by atoms with E-state index in [2.05, 4.69) is 28.4 Å². The van der Waals surface area contributed by atoms with Crippen LogP contribution in [-0.2, 0) is 9.59 Å². The van der Waals surface area contributed by atoms with Crippen LogP contribution in [0.3, 0.4) is 0 Å². The Labute approximate surface area is 147 Å². The van der Waals surface area contributed by atoms with Crippen molar-refractivity contribution in [3.63, 3.8) is 0 Å². The van der Waals surface area contributed by atoms with Crippen LogP contribution >= 0.6 is 11.8 Å². The molecule has 0 aliphatic carbocycles. The van der Waals surface area contributed by atoms with Crippen molar-refractivity contribution < 1.29 is 9.59 Å². The van der Waals surface area contributed by atoms with Crippen LogP contribution in [0.25, 0.3) is 0 Å². The Kier molecular flexibility index (Phi) is 5.66. The van der Waals surface area contributed by atoms with Gasteiger partial charge in [0.15, 0.2) is 0 Å². The molecular weight excluding hydrogens is 322 g/mol. The van der Waals surface area contributed by atoms with Crippen LogP contribution in [0.1, 0.15) is 26.2 Å². The van der Waals surface area contributed by atoms with Crippen LogP contribution in [0.4, 0.5) is 5.69 Å². The molecule has 0 radical (unpaired) electrons. The molecular formula is C18H25N3O2S. The van der Waals surface area contributed by atoms with Gasteiger partial charge in [-0.1, -0.05) is 12.1 Å². The lowest BCUT2D eigenvalue weighted by atomic mass is 10.1. The zero-order valence-electron chi connectivity index (χ0n) is 14.2. The van der Waals surface area contributed by atoms with Gasteiger partial charge >= 0.3 is 0 Å². The number of thioether (sulfide) groups is 1. The van der Waals surface area contributed by atoms with Crippen molar-refractivity contribution in [1.29, 1.82) is 0 Å². The summed E-state index contributed by atoms with van der Waals surface area (Å²) in [7, 11) is 0. The number of nitrogens with zero attached hydrogens (tertiary/aromatic N) is 2. The summed E-state index contributed by atoms with van der Waals surface area (Å²) in [4.78, 5) is 29.4. The van der Waals surface area contributed by atoms with Crippen molar-refractivity contribution in [2.45, 2.75) is 37.1 Å². The largest absolute Gasteiger partial charge is 0.361 e. The average molecular weight is 347 g/mol. The van der Waals surface area contributed by atoms with Gasteiger partial charge in [-0.15, -0.1) is 11.8 Å². The molecule has 1 aromatic carbocycles. The molecule has 1 atom stereocenters. The van der Waals surface area contributed by atoms with E-state index in [-0.39, 0.29) is 17.9 Å². The normalized spacial score (nSPS) is 21.0. The Bertz CT molecular complexity index is 608. The fourth-order valence-corrected chi connectivity index (χ4v) is 4.45. The van der Waals surface area contributed by atoms with Crippen molar-refractivity contribution in [2.75, 3.05) is 36.8 Å². The Morgan fingerprint density at radius 1 is 1.25 bits per heavy atom. The number of piperidine rings is 1. The number of nitrogens with one attached hydrogen (secondary N) is 1. The lowest BCUT2D eigenvalue weighted by molar-refractivity contribution is -0.132. The van der Waals surface area contributed by atoms with E-state index >= 15 is 0 Å². The summed E-state index contributed by atoms with van der Waals surface area (Å²) in [5.41, 5.74) is 1.17. The first-order valence-electron chi connectivity index (χ1n) is 8.65. The van der Waals surface area contributed by atoms with Gasteiger partial charge in [-0.05, 0) is 37.1 Å². The van der Waals surface area contributed by atoms with Crippen LogP contribution in [0, 0.1) is 0 Å². The van der Waals surface area contributed by atoms with Gasteiger partial charge in [-0.3, -0.25) is 9.59 Å². The monoisotopic (exact) mass is 347 g/mol. The van der Waals surface area contributed by atoms with E-state index in [1.165, 1.54) is 17.5 Å². The molecule has 5 nitrogen and oxygen atoms in total. The lowest BCUT2D eigenvalue weighted by Gasteiger charge is -2.35. The van der Waals surface area contributed by atoms with Crippen molar-refractivity contribution in [3.05, 3.63) is 24.3 Å². The number of fused-ring (bicyclic) bond motifs is 1. The highest BCUT2D eigenvalue weighted by Gasteiger charge is 2.26. The van der Waals surface area contributed by atoms with E-state index in [1.807, 2.05) is 22.7 Å². The Balaban J connectivity index is 1.65. The molecule has 130 valence electrons. The number of hydrogen-bond donors (Lipinski definition) is 1. The summed E-state index contributed by atoms with van der Waals surface area (Å²) in [5, 5.41) is 2.95. The second-order valence-corrected chi connectivity index (χ2v) is 7.61. The maximum Gasteiger partial charge on any atom is 0.242 e. The van der Waals surface area contributed by atoms with Gasteiger partial charge in [0.2, 0.25) is 11.8 Å². The molecule has 0 unspecified atom stereocenters. The summed E-state index contributed by atoms with van der Waals surface area (Å²) in [5.74, 6) is 1.23. The third kappa shape index (κ3) is 4.23. The van der Waals surface area contributed by atoms with E-state index < -0.39 is 0 Å². The zero-order valence-corrected chi connectivity index (χ0v) is 15.0. The zero-order chi connectivity index (χ0) is 16.9. The molecule has 1 saturated heterocycles. The predicted molar refractivity (Wildman–Crippen MR) is 97.4 cm³/mol. The molecule has 6 heteroatoms. The summed E-state index contributed by atoms with van der Waals surface area (Å²) in [6.45, 7) is 4.29. The molecule has 0 bridgehead atoms. The number of para-hydroxylation sites is 1. The molecule has 1 N–H and O–H groups in total. The van der Waals surface area contributed by atoms with Crippen molar-refractivity contribution in [3.8, 4) is 0 Å². The molecule has 2 heterocycles. The second-order valence-electron chi connectivity index (χ2n) is 6.47. The summed E-state index contributed by atoms with van der Waals surface area (Å²) in [6, 6.07) is 8.43. The van der Waals surface area contributed by atoms with Crippen molar-refractivity contribution in [2.24, 2.45) is 0 Å².